The average Bonchev–Trinajstić information content (AvgIpc) is 2.23. The summed E-state index contributed by atoms with van der Waals surface area (Å²) in [5.41, 5.74) is 4.11. The number of aromatic nitrogens is 2. The molecule has 1 aromatic rings. The molecule has 2 nitrogen and oxygen atoms in total. The maximum absolute atomic E-state index is 4.28. The molecule has 2 heteroatoms. The maximum atomic E-state index is 4.28. The minimum atomic E-state index is 1.07. The first-order chi connectivity index (χ1) is 7.33. The van der Waals surface area contributed by atoms with Gasteiger partial charge < -0.3 is 0 Å². The quantitative estimate of drug-likeness (QED) is 0.713. The Labute approximate surface area is 93.1 Å². The lowest BCUT2D eigenvalue weighted by Gasteiger charge is -2.11. The van der Waals surface area contributed by atoms with Gasteiger partial charge in [0.2, 0.25) is 0 Å². The third-order valence-corrected chi connectivity index (χ3v) is 2.63. The normalized spacial score (nSPS) is 10.6. The first-order valence-electron chi connectivity index (χ1n) is 6.15. The molecule has 0 saturated heterocycles. The molecule has 0 N–H and O–H groups in total. The zero-order valence-electron chi connectivity index (χ0n) is 10.2. The summed E-state index contributed by atoms with van der Waals surface area (Å²) in [6.07, 6.45) is 8.85. The minimum absolute atomic E-state index is 1.07. The summed E-state index contributed by atoms with van der Waals surface area (Å²) in [4.78, 5) is 0. The van der Waals surface area contributed by atoms with Gasteiger partial charge in [-0.15, -0.1) is 0 Å². The lowest BCUT2D eigenvalue weighted by Crippen LogP contribution is -2.05. The van der Waals surface area contributed by atoms with Crippen LogP contribution in [0, 0.1) is 0 Å². The molecular formula is C13H22N2. The zero-order valence-corrected chi connectivity index (χ0v) is 10.2. The number of aryl methyl sites for hydroxylation is 2. The van der Waals surface area contributed by atoms with Gasteiger partial charge in [-0.3, -0.25) is 0 Å². The summed E-state index contributed by atoms with van der Waals surface area (Å²) in [5.74, 6) is 0. The van der Waals surface area contributed by atoms with Crippen molar-refractivity contribution in [3.8, 4) is 0 Å². The first-order valence-corrected chi connectivity index (χ1v) is 6.15. The van der Waals surface area contributed by atoms with Crippen molar-refractivity contribution in [3.05, 3.63) is 23.0 Å². The van der Waals surface area contributed by atoms with Crippen molar-refractivity contribution in [1.29, 1.82) is 0 Å². The molecule has 1 heterocycles. The van der Waals surface area contributed by atoms with Crippen molar-refractivity contribution in [1.82, 2.24) is 10.2 Å². The number of hydrogen-bond acceptors (Lipinski definition) is 2. The van der Waals surface area contributed by atoms with Gasteiger partial charge in [-0.1, -0.05) is 40.0 Å². The van der Waals surface area contributed by atoms with Crippen LogP contribution < -0.4 is 0 Å². The van der Waals surface area contributed by atoms with Crippen LogP contribution in [-0.2, 0) is 19.3 Å². The van der Waals surface area contributed by atoms with E-state index in [1.54, 1.807) is 0 Å². The third kappa shape index (κ3) is 3.29. The van der Waals surface area contributed by atoms with Gasteiger partial charge in [0.1, 0.15) is 0 Å². The molecule has 0 spiro atoms. The van der Waals surface area contributed by atoms with E-state index in [0.717, 1.165) is 25.7 Å². The Kier molecular flexibility index (Phi) is 5.30. The van der Waals surface area contributed by atoms with Crippen molar-refractivity contribution in [2.24, 2.45) is 0 Å². The van der Waals surface area contributed by atoms with Gasteiger partial charge in [0.05, 0.1) is 11.9 Å². The van der Waals surface area contributed by atoms with Crippen LogP contribution in [0.25, 0.3) is 0 Å². The highest BCUT2D eigenvalue weighted by atomic mass is 15.1. The lowest BCUT2D eigenvalue weighted by molar-refractivity contribution is 0.764. The van der Waals surface area contributed by atoms with E-state index in [4.69, 9.17) is 0 Å². The van der Waals surface area contributed by atoms with Crippen molar-refractivity contribution >= 4 is 0 Å². The molecule has 0 amide bonds. The fraction of sp³-hybridized carbons (Fsp3) is 0.692. The Balaban J connectivity index is 2.97. The van der Waals surface area contributed by atoms with E-state index in [9.17, 15) is 0 Å². The van der Waals surface area contributed by atoms with Gasteiger partial charge in [0.15, 0.2) is 0 Å². The second-order valence-corrected chi connectivity index (χ2v) is 4.05. The van der Waals surface area contributed by atoms with Gasteiger partial charge in [0.25, 0.3) is 0 Å². The highest BCUT2D eigenvalue weighted by Gasteiger charge is 2.08. The molecule has 84 valence electrons. The van der Waals surface area contributed by atoms with Crippen LogP contribution in [0.4, 0.5) is 0 Å². The van der Waals surface area contributed by atoms with Crippen LogP contribution >= 0.6 is 0 Å². The van der Waals surface area contributed by atoms with Gasteiger partial charge in [0, 0.05) is 0 Å². The molecule has 1 rings (SSSR count). The summed E-state index contributed by atoms with van der Waals surface area (Å²) in [6, 6.07) is 0. The van der Waals surface area contributed by atoms with Crippen LogP contribution in [0.15, 0.2) is 6.20 Å². The van der Waals surface area contributed by atoms with Crippen LogP contribution in [0.2, 0.25) is 0 Å². The summed E-state index contributed by atoms with van der Waals surface area (Å²) >= 11 is 0. The Morgan fingerprint density at radius 2 is 1.60 bits per heavy atom. The second kappa shape index (κ2) is 6.54. The molecule has 0 aliphatic rings. The Hall–Kier alpha value is -0.920. The van der Waals surface area contributed by atoms with Crippen molar-refractivity contribution < 1.29 is 0 Å². The van der Waals surface area contributed by atoms with E-state index < -0.39 is 0 Å². The Morgan fingerprint density at radius 1 is 0.933 bits per heavy atom. The molecule has 15 heavy (non-hydrogen) atoms. The molecule has 0 aliphatic carbocycles. The lowest BCUT2D eigenvalue weighted by atomic mass is 9.98. The second-order valence-electron chi connectivity index (χ2n) is 4.05. The molecule has 0 radical (unpaired) electrons. The maximum Gasteiger partial charge on any atom is 0.0665 e. The summed E-state index contributed by atoms with van der Waals surface area (Å²) in [6.45, 7) is 6.64. The predicted molar refractivity (Wildman–Crippen MR) is 64.0 cm³/mol. The number of nitrogens with zero attached hydrogens (tertiary/aromatic N) is 2. The summed E-state index contributed by atoms with van der Waals surface area (Å²) in [7, 11) is 0. The highest BCUT2D eigenvalue weighted by Crippen LogP contribution is 2.16. The predicted octanol–water partition coefficient (Wildman–Crippen LogP) is 3.33. The molecule has 0 saturated carbocycles. The molecular weight excluding hydrogens is 184 g/mol. The Morgan fingerprint density at radius 3 is 2.20 bits per heavy atom. The van der Waals surface area contributed by atoms with Crippen LogP contribution in [-0.4, -0.2) is 10.2 Å². The van der Waals surface area contributed by atoms with E-state index in [-0.39, 0.29) is 0 Å². The Bertz CT molecular complexity index is 270. The molecule has 0 atom stereocenters. The molecule has 0 fully saturated rings. The molecule has 0 bridgehead atoms. The van der Waals surface area contributed by atoms with Gasteiger partial charge in [-0.05, 0) is 30.4 Å². The van der Waals surface area contributed by atoms with Crippen molar-refractivity contribution in [3.63, 3.8) is 0 Å². The minimum Gasteiger partial charge on any atom is -0.159 e. The average molecular weight is 206 g/mol. The smallest absolute Gasteiger partial charge is 0.0665 e. The topological polar surface area (TPSA) is 25.8 Å². The fourth-order valence-electron chi connectivity index (χ4n) is 1.97. The van der Waals surface area contributed by atoms with Crippen molar-refractivity contribution in [2.75, 3.05) is 0 Å². The summed E-state index contributed by atoms with van der Waals surface area (Å²) in [5, 5.41) is 8.39. The largest absolute Gasteiger partial charge is 0.159 e. The third-order valence-electron chi connectivity index (χ3n) is 2.63. The van der Waals surface area contributed by atoms with Gasteiger partial charge in [-0.2, -0.15) is 10.2 Å². The highest BCUT2D eigenvalue weighted by molar-refractivity contribution is 5.28. The molecule has 0 aromatic carbocycles. The fourth-order valence-corrected chi connectivity index (χ4v) is 1.97. The van der Waals surface area contributed by atoms with Crippen LogP contribution in [0.3, 0.4) is 0 Å². The zero-order chi connectivity index (χ0) is 11.1. The number of rotatable bonds is 6. The SMILES string of the molecule is CCCc1cnnc(CCC)c1CCC. The van der Waals surface area contributed by atoms with E-state index in [1.165, 1.54) is 29.7 Å². The van der Waals surface area contributed by atoms with Gasteiger partial charge >= 0.3 is 0 Å². The van der Waals surface area contributed by atoms with Crippen molar-refractivity contribution in [2.45, 2.75) is 59.3 Å². The monoisotopic (exact) mass is 206 g/mol. The summed E-state index contributed by atoms with van der Waals surface area (Å²) < 4.78 is 0. The van der Waals surface area contributed by atoms with E-state index in [1.807, 2.05) is 6.20 Å². The standard InChI is InChI=1S/C13H22N2/c1-4-7-11-10-14-15-13(9-6-3)12(11)8-5-2/h10H,4-9H2,1-3H3. The van der Waals surface area contributed by atoms with E-state index in [0.29, 0.717) is 0 Å². The van der Waals surface area contributed by atoms with Crippen LogP contribution in [0.5, 0.6) is 0 Å². The van der Waals surface area contributed by atoms with Gasteiger partial charge in [-0.25, -0.2) is 0 Å². The van der Waals surface area contributed by atoms with E-state index in [2.05, 4.69) is 31.0 Å². The molecule has 0 aliphatic heterocycles. The first kappa shape index (κ1) is 12.2. The molecule has 0 unspecified atom stereocenters. The van der Waals surface area contributed by atoms with Crippen LogP contribution in [0.1, 0.15) is 56.9 Å². The van der Waals surface area contributed by atoms with E-state index >= 15 is 0 Å². The molecule has 1 aromatic heterocycles. The number of hydrogen-bond donors (Lipinski definition) is 0.